The van der Waals surface area contributed by atoms with Crippen LogP contribution in [-0.4, -0.2) is 24.8 Å². The van der Waals surface area contributed by atoms with E-state index in [0.717, 1.165) is 17.0 Å². The molecule has 1 heterocycles. The van der Waals surface area contributed by atoms with Gasteiger partial charge in [-0.3, -0.25) is 4.99 Å². The lowest BCUT2D eigenvalue weighted by Gasteiger charge is -2.06. The molecular formula is C12H9N3O2S. The Bertz CT molecular complexity index is 533. The number of hydrogen-bond donors (Lipinski definition) is 0. The first-order chi connectivity index (χ1) is 8.65. The lowest BCUT2D eigenvalue weighted by Crippen LogP contribution is -2.19. The number of ether oxygens (including phenoxy) is 1. The molecular weight excluding hydrogens is 250 g/mol. The SMILES string of the molecule is COC(=O)C=CC(C#N)(C#N)N=Cc1cccs1. The highest BCUT2D eigenvalue weighted by molar-refractivity contribution is 7.11. The van der Waals surface area contributed by atoms with Gasteiger partial charge in [-0.1, -0.05) is 6.07 Å². The van der Waals surface area contributed by atoms with Crippen LogP contribution in [0, 0.1) is 22.7 Å². The molecule has 0 saturated carbocycles. The maximum atomic E-state index is 10.9. The molecule has 0 fully saturated rings. The maximum absolute atomic E-state index is 10.9. The number of esters is 1. The number of carbonyl (C=O) groups excluding carboxylic acids is 1. The Kier molecular flexibility index (Phi) is 4.79. The number of nitrogens with zero attached hydrogens (tertiary/aromatic N) is 3. The highest BCUT2D eigenvalue weighted by Gasteiger charge is 2.25. The first-order valence-electron chi connectivity index (χ1n) is 4.84. The molecule has 0 radical (unpaired) electrons. The highest BCUT2D eigenvalue weighted by Crippen LogP contribution is 2.13. The molecule has 0 amide bonds. The Morgan fingerprint density at radius 2 is 2.28 bits per heavy atom. The van der Waals surface area contributed by atoms with E-state index < -0.39 is 11.5 Å². The summed E-state index contributed by atoms with van der Waals surface area (Å²) in [6, 6.07) is 7.15. The van der Waals surface area contributed by atoms with E-state index in [9.17, 15) is 4.79 Å². The van der Waals surface area contributed by atoms with Crippen LogP contribution < -0.4 is 0 Å². The smallest absolute Gasteiger partial charge is 0.330 e. The fraction of sp³-hybridized carbons (Fsp3) is 0.167. The fourth-order valence-corrected chi connectivity index (χ4v) is 1.57. The van der Waals surface area contributed by atoms with E-state index in [4.69, 9.17) is 10.5 Å². The van der Waals surface area contributed by atoms with Gasteiger partial charge in [-0.2, -0.15) is 10.5 Å². The van der Waals surface area contributed by atoms with Crippen molar-refractivity contribution in [3.05, 3.63) is 34.5 Å². The monoisotopic (exact) mass is 259 g/mol. The molecule has 1 aromatic rings. The van der Waals surface area contributed by atoms with Gasteiger partial charge in [0.1, 0.15) is 12.1 Å². The zero-order valence-electron chi connectivity index (χ0n) is 9.53. The molecule has 0 saturated heterocycles. The molecule has 5 nitrogen and oxygen atoms in total. The quantitative estimate of drug-likeness (QED) is 0.467. The van der Waals surface area contributed by atoms with Crippen molar-refractivity contribution in [1.82, 2.24) is 0 Å². The number of thiophene rings is 1. The van der Waals surface area contributed by atoms with E-state index in [1.54, 1.807) is 18.2 Å². The van der Waals surface area contributed by atoms with Crippen LogP contribution in [-0.2, 0) is 9.53 Å². The minimum absolute atomic E-state index is 0.642. The summed E-state index contributed by atoms with van der Waals surface area (Å²) in [7, 11) is 1.21. The lowest BCUT2D eigenvalue weighted by molar-refractivity contribution is -0.134. The van der Waals surface area contributed by atoms with Crippen molar-refractivity contribution in [2.24, 2.45) is 4.99 Å². The van der Waals surface area contributed by atoms with Crippen molar-refractivity contribution in [1.29, 1.82) is 10.5 Å². The molecule has 0 aliphatic rings. The normalized spacial score (nSPS) is 11.3. The number of aliphatic imine (C=N–C) groups is 1. The Morgan fingerprint density at radius 3 is 2.78 bits per heavy atom. The second-order valence-corrected chi connectivity index (χ2v) is 4.10. The van der Waals surface area contributed by atoms with Crippen molar-refractivity contribution in [2.45, 2.75) is 5.54 Å². The van der Waals surface area contributed by atoms with Crippen LogP contribution in [0.4, 0.5) is 0 Å². The molecule has 0 unspecified atom stereocenters. The highest BCUT2D eigenvalue weighted by atomic mass is 32.1. The number of carbonyl (C=O) groups is 1. The summed E-state index contributed by atoms with van der Waals surface area (Å²) in [6.07, 6.45) is 3.56. The molecule has 1 aromatic heterocycles. The van der Waals surface area contributed by atoms with Crippen LogP contribution in [0.3, 0.4) is 0 Å². The molecule has 0 bridgehead atoms. The van der Waals surface area contributed by atoms with Gasteiger partial charge in [0.2, 0.25) is 0 Å². The van der Waals surface area contributed by atoms with Crippen LogP contribution in [0.25, 0.3) is 0 Å². The predicted octanol–water partition coefficient (Wildman–Crippen LogP) is 1.68. The minimum atomic E-state index is -1.71. The Labute approximate surface area is 108 Å². The number of rotatable bonds is 4. The summed E-state index contributed by atoms with van der Waals surface area (Å²) in [5.74, 6) is -0.642. The van der Waals surface area contributed by atoms with Gasteiger partial charge in [-0.25, -0.2) is 4.79 Å². The lowest BCUT2D eigenvalue weighted by atomic mass is 10.0. The average Bonchev–Trinajstić information content (AvgIpc) is 2.92. The van der Waals surface area contributed by atoms with Gasteiger partial charge >= 0.3 is 5.97 Å². The van der Waals surface area contributed by atoms with Crippen LogP contribution in [0.15, 0.2) is 34.7 Å². The number of nitriles is 2. The zero-order valence-corrected chi connectivity index (χ0v) is 10.3. The largest absolute Gasteiger partial charge is 0.466 e. The molecule has 0 spiro atoms. The first kappa shape index (κ1) is 13.6. The van der Waals surface area contributed by atoms with Crippen molar-refractivity contribution in [3.8, 4) is 12.1 Å². The molecule has 90 valence electrons. The van der Waals surface area contributed by atoms with E-state index in [2.05, 4.69) is 9.73 Å². The van der Waals surface area contributed by atoms with Gasteiger partial charge in [-0.05, 0) is 17.5 Å². The molecule has 0 aliphatic heterocycles. The molecule has 18 heavy (non-hydrogen) atoms. The third-order valence-corrected chi connectivity index (χ3v) is 2.75. The summed E-state index contributed by atoms with van der Waals surface area (Å²) in [5.41, 5.74) is -1.71. The van der Waals surface area contributed by atoms with E-state index in [0.29, 0.717) is 0 Å². The maximum Gasteiger partial charge on any atom is 0.330 e. The second kappa shape index (κ2) is 6.33. The first-order valence-corrected chi connectivity index (χ1v) is 5.72. The number of methoxy groups -OCH3 is 1. The van der Waals surface area contributed by atoms with E-state index >= 15 is 0 Å². The van der Waals surface area contributed by atoms with Gasteiger partial charge in [0.25, 0.3) is 5.54 Å². The van der Waals surface area contributed by atoms with Crippen LogP contribution in [0.2, 0.25) is 0 Å². The third kappa shape index (κ3) is 3.55. The molecule has 0 N–H and O–H groups in total. The van der Waals surface area contributed by atoms with E-state index in [1.165, 1.54) is 24.7 Å². The number of hydrogen-bond acceptors (Lipinski definition) is 6. The minimum Gasteiger partial charge on any atom is -0.466 e. The van der Waals surface area contributed by atoms with E-state index in [1.807, 2.05) is 11.4 Å². The summed E-state index contributed by atoms with van der Waals surface area (Å²) < 4.78 is 4.39. The second-order valence-electron chi connectivity index (χ2n) is 3.12. The Morgan fingerprint density at radius 1 is 1.56 bits per heavy atom. The van der Waals surface area contributed by atoms with Gasteiger partial charge in [0.05, 0.1) is 7.11 Å². The van der Waals surface area contributed by atoms with Gasteiger partial charge < -0.3 is 4.74 Å². The Balaban J connectivity index is 2.96. The summed E-state index contributed by atoms with van der Waals surface area (Å²) >= 11 is 1.43. The van der Waals surface area contributed by atoms with Crippen LogP contribution in [0.1, 0.15) is 4.88 Å². The van der Waals surface area contributed by atoms with Crippen molar-refractivity contribution >= 4 is 23.5 Å². The van der Waals surface area contributed by atoms with Gasteiger partial charge in [0, 0.05) is 17.2 Å². The predicted molar refractivity (Wildman–Crippen MR) is 67.0 cm³/mol. The molecule has 0 aromatic carbocycles. The Hall–Kier alpha value is -2.44. The average molecular weight is 259 g/mol. The van der Waals surface area contributed by atoms with Gasteiger partial charge in [0.15, 0.2) is 0 Å². The molecule has 0 atom stereocenters. The van der Waals surface area contributed by atoms with Crippen molar-refractivity contribution in [3.63, 3.8) is 0 Å². The van der Waals surface area contributed by atoms with Crippen molar-refractivity contribution in [2.75, 3.05) is 7.11 Å². The topological polar surface area (TPSA) is 86.2 Å². The van der Waals surface area contributed by atoms with E-state index in [-0.39, 0.29) is 0 Å². The molecule has 0 aliphatic carbocycles. The van der Waals surface area contributed by atoms with Crippen molar-refractivity contribution < 1.29 is 9.53 Å². The molecule has 1 rings (SSSR count). The van der Waals surface area contributed by atoms with Crippen LogP contribution >= 0.6 is 11.3 Å². The summed E-state index contributed by atoms with van der Waals surface area (Å²) in [4.78, 5) is 15.7. The standard InChI is InChI=1S/C12H9N3O2S/c1-17-11(16)4-5-12(8-13,9-14)15-7-10-3-2-6-18-10/h2-7H,1H3. The summed E-state index contributed by atoms with van der Waals surface area (Å²) in [5, 5.41) is 19.9. The third-order valence-electron chi connectivity index (χ3n) is 1.94. The molecule has 6 heteroatoms. The fourth-order valence-electron chi connectivity index (χ4n) is 0.987. The van der Waals surface area contributed by atoms with Gasteiger partial charge in [-0.15, -0.1) is 11.3 Å². The van der Waals surface area contributed by atoms with Crippen LogP contribution in [0.5, 0.6) is 0 Å². The summed E-state index contributed by atoms with van der Waals surface area (Å²) in [6.45, 7) is 0. The zero-order chi connectivity index (χ0) is 13.4.